The number of aryl methyl sites for hydroxylation is 1. The lowest BCUT2D eigenvalue weighted by Crippen LogP contribution is -2.10. The van der Waals surface area contributed by atoms with Gasteiger partial charge in [0.1, 0.15) is 0 Å². The van der Waals surface area contributed by atoms with Gasteiger partial charge in [-0.3, -0.25) is 4.79 Å². The summed E-state index contributed by atoms with van der Waals surface area (Å²) in [6.07, 6.45) is 0. The summed E-state index contributed by atoms with van der Waals surface area (Å²) >= 11 is 0. The van der Waals surface area contributed by atoms with E-state index in [0.29, 0.717) is 11.4 Å². The Morgan fingerprint density at radius 2 is 1.96 bits per heavy atom. The van der Waals surface area contributed by atoms with Crippen LogP contribution in [0.4, 0.5) is 5.69 Å². The van der Waals surface area contributed by atoms with Gasteiger partial charge >= 0.3 is 5.97 Å². The molecule has 0 spiro atoms. The van der Waals surface area contributed by atoms with Crippen LogP contribution < -0.4 is 5.55 Å². The molecule has 1 heterocycles. The van der Waals surface area contributed by atoms with Crippen LogP contribution in [0.5, 0.6) is 0 Å². The van der Waals surface area contributed by atoms with Crippen LogP contribution >= 0.6 is 0 Å². The van der Waals surface area contributed by atoms with Gasteiger partial charge in [-0.05, 0) is 30.7 Å². The Kier molecular flexibility index (Phi) is 4.19. The normalized spacial score (nSPS) is 11.7. The molecule has 116 valence electrons. The van der Waals surface area contributed by atoms with Gasteiger partial charge in [0.05, 0.1) is 16.6 Å². The molecule has 2 aromatic carbocycles. The molecule has 5 heteroatoms. The second kappa shape index (κ2) is 6.44. The van der Waals surface area contributed by atoms with Gasteiger partial charge in [-0.15, -0.1) is 0 Å². The van der Waals surface area contributed by atoms with Gasteiger partial charge in [-0.1, -0.05) is 30.3 Å². The van der Waals surface area contributed by atoms with Gasteiger partial charge < -0.3 is 9.15 Å². The van der Waals surface area contributed by atoms with Crippen LogP contribution in [-0.2, 0) is 16.1 Å². The maximum absolute atomic E-state index is 11.0. The van der Waals surface area contributed by atoms with Crippen molar-refractivity contribution in [3.63, 3.8) is 0 Å². The first-order valence-corrected chi connectivity index (χ1v) is 7.26. The number of para-hydroxylation sites is 1. The predicted octanol–water partition coefficient (Wildman–Crippen LogP) is 3.43. The SMILES string of the molecule is CC(=O)OCc1nc2cccc(C)c2c(=Nc2ccccc2)o1. The minimum absolute atomic E-state index is 0.0173. The van der Waals surface area contributed by atoms with E-state index in [1.54, 1.807) is 0 Å². The van der Waals surface area contributed by atoms with Crippen LogP contribution in [0.2, 0.25) is 0 Å². The highest BCUT2D eigenvalue weighted by atomic mass is 16.5. The maximum atomic E-state index is 11.0. The third kappa shape index (κ3) is 3.45. The molecule has 23 heavy (non-hydrogen) atoms. The van der Waals surface area contributed by atoms with Crippen molar-refractivity contribution in [2.24, 2.45) is 4.99 Å². The standard InChI is InChI=1S/C18H16N2O3/c1-12-7-6-10-15-17(12)18(19-14-8-4-3-5-9-14)23-16(20-15)11-22-13(2)21/h3-10H,11H2,1-2H3. The molecular weight excluding hydrogens is 292 g/mol. The van der Waals surface area contributed by atoms with Crippen molar-refractivity contribution < 1.29 is 13.9 Å². The summed E-state index contributed by atoms with van der Waals surface area (Å²) in [7, 11) is 0. The Hall–Kier alpha value is -2.95. The summed E-state index contributed by atoms with van der Waals surface area (Å²) in [5.41, 5.74) is 3.02. The van der Waals surface area contributed by atoms with Gasteiger partial charge in [-0.2, -0.15) is 0 Å². The molecule has 0 unspecified atom stereocenters. The van der Waals surface area contributed by atoms with E-state index in [1.807, 2.05) is 55.5 Å². The molecule has 0 fully saturated rings. The smallest absolute Gasteiger partial charge is 0.303 e. The predicted molar refractivity (Wildman–Crippen MR) is 85.9 cm³/mol. The molecule has 0 aliphatic carbocycles. The lowest BCUT2D eigenvalue weighted by molar-refractivity contribution is -0.142. The minimum atomic E-state index is -0.382. The van der Waals surface area contributed by atoms with E-state index in [4.69, 9.17) is 9.15 Å². The summed E-state index contributed by atoms with van der Waals surface area (Å²) in [5.74, 6) is -0.0686. The highest BCUT2D eigenvalue weighted by Crippen LogP contribution is 2.15. The fourth-order valence-electron chi connectivity index (χ4n) is 2.27. The number of aromatic nitrogens is 1. The molecule has 0 amide bonds. The molecule has 0 aliphatic rings. The second-order valence-electron chi connectivity index (χ2n) is 5.11. The van der Waals surface area contributed by atoms with Gasteiger partial charge in [0.25, 0.3) is 0 Å². The third-order valence-electron chi connectivity index (χ3n) is 3.31. The zero-order valence-electron chi connectivity index (χ0n) is 12.9. The largest absolute Gasteiger partial charge is 0.456 e. The number of ether oxygens (including phenoxy) is 1. The minimum Gasteiger partial charge on any atom is -0.456 e. The molecule has 0 radical (unpaired) electrons. The Bertz CT molecular complexity index is 914. The fraction of sp³-hybridized carbons (Fsp3) is 0.167. The van der Waals surface area contributed by atoms with E-state index in [0.717, 1.165) is 22.2 Å². The van der Waals surface area contributed by atoms with Crippen LogP contribution in [0.3, 0.4) is 0 Å². The quantitative estimate of drug-likeness (QED) is 0.695. The van der Waals surface area contributed by atoms with Gasteiger partial charge in [0.2, 0.25) is 11.4 Å². The lowest BCUT2D eigenvalue weighted by Gasteiger charge is -2.05. The Labute approximate surface area is 133 Å². The van der Waals surface area contributed by atoms with Gasteiger partial charge in [0, 0.05) is 6.92 Å². The number of rotatable bonds is 3. The van der Waals surface area contributed by atoms with E-state index >= 15 is 0 Å². The molecule has 5 nitrogen and oxygen atoms in total. The Morgan fingerprint density at radius 3 is 2.70 bits per heavy atom. The molecule has 0 saturated carbocycles. The zero-order chi connectivity index (χ0) is 16.2. The first-order chi connectivity index (χ1) is 11.1. The molecule has 0 N–H and O–H groups in total. The zero-order valence-corrected chi connectivity index (χ0v) is 12.9. The van der Waals surface area contributed by atoms with Crippen molar-refractivity contribution in [2.45, 2.75) is 20.5 Å². The molecule has 0 aliphatic heterocycles. The molecule has 0 saturated heterocycles. The highest BCUT2D eigenvalue weighted by molar-refractivity contribution is 5.80. The monoisotopic (exact) mass is 308 g/mol. The molecule has 3 aromatic rings. The second-order valence-corrected chi connectivity index (χ2v) is 5.11. The fourth-order valence-corrected chi connectivity index (χ4v) is 2.27. The lowest BCUT2D eigenvalue weighted by atomic mass is 10.1. The summed E-state index contributed by atoms with van der Waals surface area (Å²) in [5, 5.41) is 0.850. The topological polar surface area (TPSA) is 64.7 Å². The third-order valence-corrected chi connectivity index (χ3v) is 3.31. The summed E-state index contributed by atoms with van der Waals surface area (Å²) in [6.45, 7) is 3.31. The van der Waals surface area contributed by atoms with Crippen molar-refractivity contribution in [1.29, 1.82) is 0 Å². The number of hydrogen-bond donors (Lipinski definition) is 0. The van der Waals surface area contributed by atoms with Crippen molar-refractivity contribution in [3.05, 3.63) is 65.5 Å². The van der Waals surface area contributed by atoms with Crippen LogP contribution in [0, 0.1) is 6.92 Å². The van der Waals surface area contributed by atoms with Crippen molar-refractivity contribution >= 4 is 22.6 Å². The number of carbonyl (C=O) groups is 1. The first-order valence-electron chi connectivity index (χ1n) is 7.26. The number of benzene rings is 2. The Morgan fingerprint density at radius 1 is 1.17 bits per heavy atom. The van der Waals surface area contributed by atoms with Crippen LogP contribution in [0.1, 0.15) is 18.4 Å². The van der Waals surface area contributed by atoms with Crippen molar-refractivity contribution in [2.75, 3.05) is 0 Å². The molecule has 3 rings (SSSR count). The Balaban J connectivity index is 2.20. The van der Waals surface area contributed by atoms with Crippen molar-refractivity contribution in [1.82, 2.24) is 4.98 Å². The number of fused-ring (bicyclic) bond motifs is 1. The average Bonchev–Trinajstić information content (AvgIpc) is 2.54. The van der Waals surface area contributed by atoms with Crippen LogP contribution in [0.15, 0.2) is 57.9 Å². The molecular formula is C18H16N2O3. The van der Waals surface area contributed by atoms with E-state index < -0.39 is 0 Å². The van der Waals surface area contributed by atoms with Gasteiger partial charge in [-0.25, -0.2) is 9.98 Å². The maximum Gasteiger partial charge on any atom is 0.303 e. The summed E-state index contributed by atoms with van der Waals surface area (Å²) < 4.78 is 10.7. The molecule has 1 aromatic heterocycles. The van der Waals surface area contributed by atoms with E-state index in [1.165, 1.54) is 6.92 Å². The number of nitrogens with zero attached hydrogens (tertiary/aromatic N) is 2. The first kappa shape index (κ1) is 15.0. The van der Waals surface area contributed by atoms with Gasteiger partial charge in [0.15, 0.2) is 6.61 Å². The van der Waals surface area contributed by atoms with E-state index in [-0.39, 0.29) is 12.6 Å². The number of esters is 1. The van der Waals surface area contributed by atoms with E-state index in [2.05, 4.69) is 9.98 Å². The van der Waals surface area contributed by atoms with E-state index in [9.17, 15) is 4.79 Å². The summed E-state index contributed by atoms with van der Waals surface area (Å²) in [6, 6.07) is 15.3. The number of carbonyl (C=O) groups excluding carboxylic acids is 1. The highest BCUT2D eigenvalue weighted by Gasteiger charge is 2.08. The van der Waals surface area contributed by atoms with Crippen LogP contribution in [-0.4, -0.2) is 11.0 Å². The van der Waals surface area contributed by atoms with Crippen LogP contribution in [0.25, 0.3) is 10.9 Å². The number of hydrogen-bond acceptors (Lipinski definition) is 5. The molecule has 0 atom stereocenters. The molecule has 0 bridgehead atoms. The van der Waals surface area contributed by atoms with Crippen molar-refractivity contribution in [3.8, 4) is 0 Å². The average molecular weight is 308 g/mol. The summed E-state index contributed by atoms with van der Waals surface area (Å²) in [4.78, 5) is 20.0.